The Balaban J connectivity index is 1.90. The van der Waals surface area contributed by atoms with E-state index in [0.29, 0.717) is 12.4 Å². The summed E-state index contributed by atoms with van der Waals surface area (Å²) in [6.45, 7) is 6.68. The second kappa shape index (κ2) is 6.37. The van der Waals surface area contributed by atoms with Crippen molar-refractivity contribution in [2.45, 2.75) is 19.4 Å². The van der Waals surface area contributed by atoms with Crippen LogP contribution in [0.5, 0.6) is 0 Å². The average Bonchev–Trinajstić information content (AvgIpc) is 2.91. The highest BCUT2D eigenvalue weighted by Crippen LogP contribution is 2.19. The predicted octanol–water partition coefficient (Wildman–Crippen LogP) is -0.556. The van der Waals surface area contributed by atoms with Gasteiger partial charge in [0.15, 0.2) is 0 Å². The number of rotatable bonds is 4. The quantitative estimate of drug-likeness (QED) is 0.651. The van der Waals surface area contributed by atoms with Crippen LogP contribution in [0.15, 0.2) is 4.99 Å². The number of ether oxygens (including phenoxy) is 1. The molecular weight excluding hydrogens is 298 g/mol. The molecule has 2 fully saturated rings. The number of hydrogen-bond donors (Lipinski definition) is 0. The SMILES string of the molecule is CCC[N+]1=C(CN2CCOCC2)N=C2C1C(=O)N(C)C(=O)N2C. The molecule has 2 saturated heterocycles. The third-order valence-electron chi connectivity index (χ3n) is 4.55. The molecule has 0 aromatic rings. The molecule has 1 atom stereocenters. The van der Waals surface area contributed by atoms with Crippen molar-refractivity contribution in [2.75, 3.05) is 53.5 Å². The number of hydrogen-bond acceptors (Lipinski definition) is 5. The lowest BCUT2D eigenvalue weighted by Crippen LogP contribution is -2.61. The van der Waals surface area contributed by atoms with Crippen molar-refractivity contribution >= 4 is 23.6 Å². The summed E-state index contributed by atoms with van der Waals surface area (Å²) in [6, 6.07) is -0.798. The van der Waals surface area contributed by atoms with Gasteiger partial charge in [0.2, 0.25) is 0 Å². The standard InChI is InChI=1S/C15H24N5O3/c1-4-5-20-11(10-19-6-8-23-9-7-19)16-13-12(20)14(21)18(3)15(22)17(13)2/h12H,4-10H2,1-3H3/q+1. The van der Waals surface area contributed by atoms with Crippen molar-refractivity contribution in [3.8, 4) is 0 Å². The normalized spacial score (nSPS) is 26.0. The zero-order valence-electron chi connectivity index (χ0n) is 14.0. The molecule has 23 heavy (non-hydrogen) atoms. The minimum absolute atomic E-state index is 0.197. The molecule has 0 radical (unpaired) electrons. The lowest BCUT2D eigenvalue weighted by molar-refractivity contribution is -0.536. The second-order valence-corrected chi connectivity index (χ2v) is 6.11. The number of aliphatic imine (C=N–C) groups is 1. The Kier molecular flexibility index (Phi) is 4.45. The number of likely N-dealkylation sites (N-methyl/N-ethyl adjacent to an activating group) is 2. The predicted molar refractivity (Wildman–Crippen MR) is 84.8 cm³/mol. The van der Waals surface area contributed by atoms with Crippen molar-refractivity contribution in [3.05, 3.63) is 0 Å². The van der Waals surface area contributed by atoms with E-state index in [2.05, 4.69) is 16.8 Å². The summed E-state index contributed by atoms with van der Waals surface area (Å²) in [7, 11) is 3.21. The molecule has 3 aliphatic heterocycles. The minimum atomic E-state index is -0.473. The maximum atomic E-state index is 12.6. The number of morpholine rings is 1. The molecule has 0 N–H and O–H groups in total. The molecule has 8 nitrogen and oxygen atoms in total. The van der Waals surface area contributed by atoms with Gasteiger partial charge in [0.05, 0.1) is 19.8 Å². The molecule has 126 valence electrons. The van der Waals surface area contributed by atoms with E-state index in [-0.39, 0.29) is 11.9 Å². The number of urea groups is 1. The van der Waals surface area contributed by atoms with Crippen LogP contribution in [0.1, 0.15) is 13.3 Å². The van der Waals surface area contributed by atoms with Gasteiger partial charge in [-0.05, 0) is 11.4 Å². The fourth-order valence-electron chi connectivity index (χ4n) is 3.23. The molecule has 0 spiro atoms. The number of fused-ring (bicyclic) bond motifs is 1. The molecular formula is C15H24N5O3+. The summed E-state index contributed by atoms with van der Waals surface area (Å²) in [5.41, 5.74) is 0. The fraction of sp³-hybridized carbons (Fsp3) is 0.733. The zero-order chi connectivity index (χ0) is 16.6. The Labute approximate surface area is 136 Å². The summed E-state index contributed by atoms with van der Waals surface area (Å²) < 4.78 is 7.43. The molecule has 0 saturated carbocycles. The van der Waals surface area contributed by atoms with Crippen LogP contribution in [-0.4, -0.2) is 102 Å². The highest BCUT2D eigenvalue weighted by Gasteiger charge is 2.52. The van der Waals surface area contributed by atoms with Gasteiger partial charge in [-0.2, -0.15) is 0 Å². The van der Waals surface area contributed by atoms with Crippen molar-refractivity contribution in [2.24, 2.45) is 4.99 Å². The van der Waals surface area contributed by atoms with E-state index in [4.69, 9.17) is 4.74 Å². The molecule has 8 heteroatoms. The smallest absolute Gasteiger partial charge is 0.333 e. The van der Waals surface area contributed by atoms with E-state index < -0.39 is 6.04 Å². The Morgan fingerprint density at radius 1 is 1.22 bits per heavy atom. The summed E-state index contributed by atoms with van der Waals surface area (Å²) in [6.07, 6.45) is 0.917. The Bertz CT molecular complexity index is 580. The molecule has 1 unspecified atom stereocenters. The van der Waals surface area contributed by atoms with Gasteiger partial charge < -0.3 is 4.74 Å². The van der Waals surface area contributed by atoms with Crippen LogP contribution in [0.2, 0.25) is 0 Å². The molecule has 0 bridgehead atoms. The van der Waals surface area contributed by atoms with Crippen LogP contribution in [0, 0.1) is 0 Å². The molecule has 3 heterocycles. The molecule has 3 amide bonds. The minimum Gasteiger partial charge on any atom is -0.379 e. The summed E-state index contributed by atoms with van der Waals surface area (Å²) >= 11 is 0. The van der Waals surface area contributed by atoms with Crippen LogP contribution in [0.25, 0.3) is 0 Å². The van der Waals surface area contributed by atoms with Crippen molar-refractivity contribution in [3.63, 3.8) is 0 Å². The molecule has 0 aliphatic carbocycles. The lowest BCUT2D eigenvalue weighted by Gasteiger charge is -2.30. The number of imide groups is 1. The van der Waals surface area contributed by atoms with Gasteiger partial charge in [-0.1, -0.05) is 6.92 Å². The van der Waals surface area contributed by atoms with Gasteiger partial charge in [0.25, 0.3) is 17.8 Å². The van der Waals surface area contributed by atoms with Crippen LogP contribution >= 0.6 is 0 Å². The molecule has 0 aromatic carbocycles. The van der Waals surface area contributed by atoms with Crippen molar-refractivity contribution in [1.82, 2.24) is 14.7 Å². The Hall–Kier alpha value is -1.80. The van der Waals surface area contributed by atoms with Gasteiger partial charge >= 0.3 is 11.9 Å². The van der Waals surface area contributed by atoms with Crippen LogP contribution in [0.4, 0.5) is 4.79 Å². The summed E-state index contributed by atoms with van der Waals surface area (Å²) in [5, 5.41) is 0. The van der Waals surface area contributed by atoms with E-state index in [9.17, 15) is 9.59 Å². The van der Waals surface area contributed by atoms with Crippen LogP contribution < -0.4 is 0 Å². The first-order valence-electron chi connectivity index (χ1n) is 8.11. The van der Waals surface area contributed by atoms with E-state index in [1.165, 1.54) is 16.8 Å². The highest BCUT2D eigenvalue weighted by atomic mass is 16.5. The topological polar surface area (TPSA) is 68.5 Å². The first-order chi connectivity index (χ1) is 11.0. The van der Waals surface area contributed by atoms with Crippen molar-refractivity contribution in [1.29, 1.82) is 0 Å². The lowest BCUT2D eigenvalue weighted by atomic mass is 10.1. The number of amidine groups is 2. The van der Waals surface area contributed by atoms with Gasteiger partial charge in [0.1, 0.15) is 6.54 Å². The van der Waals surface area contributed by atoms with Gasteiger partial charge in [-0.3, -0.25) is 19.5 Å². The van der Waals surface area contributed by atoms with Crippen LogP contribution in [0.3, 0.4) is 0 Å². The Morgan fingerprint density at radius 2 is 1.91 bits per heavy atom. The third-order valence-corrected chi connectivity index (χ3v) is 4.55. The average molecular weight is 322 g/mol. The first-order valence-corrected chi connectivity index (χ1v) is 8.11. The Morgan fingerprint density at radius 3 is 2.57 bits per heavy atom. The number of carbonyl (C=O) groups excluding carboxylic acids is 2. The number of carbonyl (C=O) groups is 2. The molecule has 0 aromatic heterocycles. The largest absolute Gasteiger partial charge is 0.379 e. The maximum Gasteiger partial charge on any atom is 0.333 e. The molecule has 3 aliphatic rings. The summed E-state index contributed by atoms with van der Waals surface area (Å²) in [5.74, 6) is 1.23. The molecule has 3 rings (SSSR count). The van der Waals surface area contributed by atoms with E-state index in [1.807, 2.05) is 4.58 Å². The van der Waals surface area contributed by atoms with E-state index >= 15 is 0 Å². The number of nitrogens with zero attached hydrogens (tertiary/aromatic N) is 5. The number of amides is 3. The third kappa shape index (κ3) is 2.76. The second-order valence-electron chi connectivity index (χ2n) is 6.11. The van der Waals surface area contributed by atoms with Crippen molar-refractivity contribution < 1.29 is 18.9 Å². The monoisotopic (exact) mass is 322 g/mol. The van der Waals surface area contributed by atoms with Crippen LogP contribution in [-0.2, 0) is 9.53 Å². The summed E-state index contributed by atoms with van der Waals surface area (Å²) in [4.78, 5) is 34.3. The van der Waals surface area contributed by atoms with Gasteiger partial charge in [-0.15, -0.1) is 0 Å². The zero-order valence-corrected chi connectivity index (χ0v) is 14.0. The fourth-order valence-corrected chi connectivity index (χ4v) is 3.23. The van der Waals surface area contributed by atoms with Gasteiger partial charge in [0, 0.05) is 27.2 Å². The highest BCUT2D eigenvalue weighted by molar-refractivity contribution is 6.23. The maximum absolute atomic E-state index is 12.6. The van der Waals surface area contributed by atoms with Gasteiger partial charge in [-0.25, -0.2) is 9.37 Å². The van der Waals surface area contributed by atoms with E-state index in [0.717, 1.165) is 45.1 Å². The van der Waals surface area contributed by atoms with E-state index in [1.54, 1.807) is 7.05 Å². The first kappa shape index (κ1) is 16.1.